The maximum absolute atomic E-state index is 14.2. The Morgan fingerprint density at radius 1 is 1.21 bits per heavy atom. The second kappa shape index (κ2) is 6.55. The van der Waals surface area contributed by atoms with Crippen molar-refractivity contribution in [2.75, 3.05) is 18.1 Å². The highest BCUT2D eigenvalue weighted by atomic mass is 19.1. The SMILES string of the molecule is O=C(NC1CC1)[C@H]1C[C@@]2(CO1)CN(Cc1ccc(F)cc1F)c1ccccc12. The Bertz CT molecular complexity index is 931. The lowest BCUT2D eigenvalue weighted by atomic mass is 9.80. The first-order chi connectivity index (χ1) is 13.5. The number of hydrogen-bond acceptors (Lipinski definition) is 3. The molecule has 2 aliphatic heterocycles. The van der Waals surface area contributed by atoms with Crippen molar-refractivity contribution < 1.29 is 18.3 Å². The Balaban J connectivity index is 1.39. The third kappa shape index (κ3) is 3.05. The number of fused-ring (bicyclic) bond motifs is 2. The molecule has 5 rings (SSSR count). The van der Waals surface area contributed by atoms with Gasteiger partial charge >= 0.3 is 0 Å². The number of halogens is 2. The molecule has 1 saturated heterocycles. The van der Waals surface area contributed by atoms with Gasteiger partial charge < -0.3 is 15.0 Å². The number of nitrogens with zero attached hydrogens (tertiary/aromatic N) is 1. The summed E-state index contributed by atoms with van der Waals surface area (Å²) in [5.41, 5.74) is 2.34. The number of benzene rings is 2. The smallest absolute Gasteiger partial charge is 0.249 e. The van der Waals surface area contributed by atoms with Crippen LogP contribution in [0, 0.1) is 11.6 Å². The topological polar surface area (TPSA) is 41.6 Å². The van der Waals surface area contributed by atoms with Crippen LogP contribution >= 0.6 is 0 Å². The molecule has 1 amide bonds. The molecule has 2 heterocycles. The van der Waals surface area contributed by atoms with Crippen LogP contribution < -0.4 is 10.2 Å². The van der Waals surface area contributed by atoms with Gasteiger partial charge in [0.25, 0.3) is 0 Å². The number of ether oxygens (including phenoxy) is 1. The maximum Gasteiger partial charge on any atom is 0.249 e. The summed E-state index contributed by atoms with van der Waals surface area (Å²) < 4.78 is 33.4. The molecule has 1 saturated carbocycles. The average molecular weight is 384 g/mol. The molecule has 2 atom stereocenters. The molecule has 146 valence electrons. The van der Waals surface area contributed by atoms with Crippen molar-refractivity contribution in [3.63, 3.8) is 0 Å². The fourth-order valence-electron chi connectivity index (χ4n) is 4.45. The number of anilines is 1. The Morgan fingerprint density at radius 3 is 2.82 bits per heavy atom. The van der Waals surface area contributed by atoms with Crippen molar-refractivity contribution in [1.82, 2.24) is 5.32 Å². The van der Waals surface area contributed by atoms with Gasteiger partial charge in [0.1, 0.15) is 17.7 Å². The summed E-state index contributed by atoms with van der Waals surface area (Å²) in [6.07, 6.45) is 2.26. The molecular weight excluding hydrogens is 362 g/mol. The number of nitrogens with one attached hydrogen (secondary N) is 1. The van der Waals surface area contributed by atoms with Crippen molar-refractivity contribution in [3.8, 4) is 0 Å². The summed E-state index contributed by atoms with van der Waals surface area (Å²) in [7, 11) is 0. The van der Waals surface area contributed by atoms with Gasteiger partial charge in [-0.3, -0.25) is 4.79 Å². The summed E-state index contributed by atoms with van der Waals surface area (Å²) in [6.45, 7) is 1.47. The van der Waals surface area contributed by atoms with Crippen LogP contribution in [0.1, 0.15) is 30.4 Å². The fourth-order valence-corrected chi connectivity index (χ4v) is 4.45. The molecule has 2 aromatic rings. The minimum Gasteiger partial charge on any atom is -0.367 e. The van der Waals surface area contributed by atoms with E-state index in [0.29, 0.717) is 37.7 Å². The molecule has 4 nitrogen and oxygen atoms in total. The van der Waals surface area contributed by atoms with Gasteiger partial charge in [-0.1, -0.05) is 24.3 Å². The van der Waals surface area contributed by atoms with Crippen molar-refractivity contribution in [3.05, 3.63) is 65.2 Å². The van der Waals surface area contributed by atoms with E-state index in [1.807, 2.05) is 18.2 Å². The van der Waals surface area contributed by atoms with Gasteiger partial charge in [0, 0.05) is 41.9 Å². The van der Waals surface area contributed by atoms with E-state index in [-0.39, 0.29) is 11.3 Å². The summed E-state index contributed by atoms with van der Waals surface area (Å²) in [5, 5.41) is 3.03. The number of carbonyl (C=O) groups is 1. The standard InChI is InChI=1S/C22H22F2N2O2/c23-15-6-5-14(18(24)9-15)11-26-12-22(17-3-1-2-4-19(17)26)10-20(28-13-22)21(27)25-16-7-8-16/h1-6,9,16,20H,7-8,10-13H2,(H,25,27)/t20-,22+/m1/s1. The fraction of sp³-hybridized carbons (Fsp3) is 0.409. The van der Waals surface area contributed by atoms with Gasteiger partial charge in [0.15, 0.2) is 0 Å². The highest BCUT2D eigenvalue weighted by Gasteiger charge is 2.50. The first kappa shape index (κ1) is 17.6. The third-order valence-corrected chi connectivity index (χ3v) is 6.04. The summed E-state index contributed by atoms with van der Waals surface area (Å²) >= 11 is 0. The molecule has 1 spiro atoms. The van der Waals surface area contributed by atoms with Gasteiger partial charge in [-0.25, -0.2) is 8.78 Å². The second-order valence-electron chi connectivity index (χ2n) is 8.18. The molecule has 1 aliphatic carbocycles. The summed E-state index contributed by atoms with van der Waals surface area (Å²) in [6, 6.07) is 12.0. The quantitative estimate of drug-likeness (QED) is 0.880. The normalized spacial score (nSPS) is 25.9. The van der Waals surface area contributed by atoms with E-state index in [0.717, 1.165) is 30.2 Å². The molecule has 0 aromatic heterocycles. The minimum atomic E-state index is -0.576. The molecular formula is C22H22F2N2O2. The lowest BCUT2D eigenvalue weighted by Gasteiger charge is -2.24. The van der Waals surface area contributed by atoms with Crippen LogP contribution in [-0.2, 0) is 21.5 Å². The summed E-state index contributed by atoms with van der Waals surface area (Å²) in [5.74, 6) is -1.14. The van der Waals surface area contributed by atoms with Gasteiger partial charge in [-0.2, -0.15) is 0 Å². The van der Waals surface area contributed by atoms with Crippen LogP contribution in [0.3, 0.4) is 0 Å². The van der Waals surface area contributed by atoms with Crippen molar-refractivity contribution >= 4 is 11.6 Å². The number of para-hydroxylation sites is 1. The highest BCUT2D eigenvalue weighted by molar-refractivity contribution is 5.82. The van der Waals surface area contributed by atoms with E-state index >= 15 is 0 Å². The average Bonchev–Trinajstić information content (AvgIpc) is 3.31. The van der Waals surface area contributed by atoms with E-state index in [4.69, 9.17) is 4.74 Å². The maximum atomic E-state index is 14.2. The zero-order chi connectivity index (χ0) is 19.3. The Hall–Kier alpha value is -2.47. The Morgan fingerprint density at radius 2 is 2.04 bits per heavy atom. The van der Waals surface area contributed by atoms with Gasteiger partial charge in [-0.05, 0) is 37.0 Å². The minimum absolute atomic E-state index is 0.0279. The zero-order valence-corrected chi connectivity index (χ0v) is 15.5. The number of amides is 1. The molecule has 2 fully saturated rings. The Labute approximate surface area is 162 Å². The first-order valence-corrected chi connectivity index (χ1v) is 9.74. The van der Waals surface area contributed by atoms with E-state index in [1.165, 1.54) is 12.1 Å². The number of rotatable bonds is 4. The molecule has 1 N–H and O–H groups in total. The van der Waals surface area contributed by atoms with Crippen LogP contribution in [0.2, 0.25) is 0 Å². The highest BCUT2D eigenvalue weighted by Crippen LogP contribution is 2.47. The van der Waals surface area contributed by atoms with Crippen LogP contribution in [-0.4, -0.2) is 31.2 Å². The van der Waals surface area contributed by atoms with Crippen LogP contribution in [0.5, 0.6) is 0 Å². The van der Waals surface area contributed by atoms with Gasteiger partial charge in [0.05, 0.1) is 6.61 Å². The van der Waals surface area contributed by atoms with E-state index < -0.39 is 17.7 Å². The molecule has 0 unspecified atom stereocenters. The number of hydrogen-bond donors (Lipinski definition) is 1. The van der Waals surface area contributed by atoms with Gasteiger partial charge in [-0.15, -0.1) is 0 Å². The first-order valence-electron chi connectivity index (χ1n) is 9.74. The van der Waals surface area contributed by atoms with Crippen LogP contribution in [0.15, 0.2) is 42.5 Å². The van der Waals surface area contributed by atoms with E-state index in [1.54, 1.807) is 0 Å². The molecule has 0 radical (unpaired) electrons. The van der Waals surface area contributed by atoms with E-state index in [2.05, 4.69) is 16.3 Å². The van der Waals surface area contributed by atoms with Crippen molar-refractivity contribution in [2.45, 2.75) is 43.4 Å². The third-order valence-electron chi connectivity index (χ3n) is 6.04. The predicted molar refractivity (Wildman–Crippen MR) is 101 cm³/mol. The molecule has 3 aliphatic rings. The van der Waals surface area contributed by atoms with Crippen molar-refractivity contribution in [2.24, 2.45) is 0 Å². The monoisotopic (exact) mass is 384 g/mol. The van der Waals surface area contributed by atoms with Crippen LogP contribution in [0.4, 0.5) is 14.5 Å². The lowest BCUT2D eigenvalue weighted by molar-refractivity contribution is -0.130. The second-order valence-corrected chi connectivity index (χ2v) is 8.18. The van der Waals surface area contributed by atoms with Crippen molar-refractivity contribution in [1.29, 1.82) is 0 Å². The predicted octanol–water partition coefficient (Wildman–Crippen LogP) is 3.29. The zero-order valence-electron chi connectivity index (χ0n) is 15.5. The molecule has 0 bridgehead atoms. The molecule has 28 heavy (non-hydrogen) atoms. The molecule has 2 aromatic carbocycles. The Kier molecular flexibility index (Phi) is 4.12. The largest absolute Gasteiger partial charge is 0.367 e. The molecule has 6 heteroatoms. The summed E-state index contributed by atoms with van der Waals surface area (Å²) in [4.78, 5) is 14.6. The van der Waals surface area contributed by atoms with Gasteiger partial charge in [0.2, 0.25) is 5.91 Å². The van der Waals surface area contributed by atoms with Crippen LogP contribution in [0.25, 0.3) is 0 Å². The lowest BCUT2D eigenvalue weighted by Crippen LogP contribution is -2.38. The van der Waals surface area contributed by atoms with E-state index in [9.17, 15) is 13.6 Å². The number of carbonyl (C=O) groups excluding carboxylic acids is 1.